The summed E-state index contributed by atoms with van der Waals surface area (Å²) >= 11 is 0. The van der Waals surface area contributed by atoms with Gasteiger partial charge in [0, 0.05) is 6.08 Å². The first-order valence-corrected chi connectivity index (χ1v) is 9.78. The predicted octanol–water partition coefficient (Wildman–Crippen LogP) is 1.42. The number of rotatable bonds is 7. The van der Waals surface area contributed by atoms with Gasteiger partial charge in [0.2, 0.25) is 0 Å². The lowest BCUT2D eigenvalue weighted by molar-refractivity contribution is -0.137. The molecule has 9 heteroatoms. The quantitative estimate of drug-likeness (QED) is 0.532. The summed E-state index contributed by atoms with van der Waals surface area (Å²) < 4.78 is 30.3. The Labute approximate surface area is 162 Å². The molecule has 2 aromatic rings. The monoisotopic (exact) mass is 402 g/mol. The third kappa shape index (κ3) is 4.05. The van der Waals surface area contributed by atoms with Crippen molar-refractivity contribution in [3.05, 3.63) is 65.9 Å². The molecule has 0 aliphatic carbocycles. The van der Waals surface area contributed by atoms with Gasteiger partial charge in [-0.05, 0) is 31.2 Å². The van der Waals surface area contributed by atoms with Crippen LogP contribution < -0.4 is 9.50 Å². The van der Waals surface area contributed by atoms with E-state index in [4.69, 9.17) is 9.29 Å². The molecule has 0 fully saturated rings. The Morgan fingerprint density at radius 3 is 2.43 bits per heavy atom. The maximum atomic E-state index is 12.5. The van der Waals surface area contributed by atoms with Gasteiger partial charge in [-0.2, -0.15) is 8.42 Å². The fraction of sp³-hybridized carbons (Fsp3) is 0.158. The second-order valence-corrected chi connectivity index (χ2v) is 7.59. The van der Waals surface area contributed by atoms with E-state index in [1.165, 1.54) is 24.3 Å². The number of imide groups is 1. The smallest absolute Gasteiger partial charge is 0.339 e. The number of hydrogen-bond donors (Lipinski definition) is 2. The van der Waals surface area contributed by atoms with E-state index in [0.717, 1.165) is 16.5 Å². The van der Waals surface area contributed by atoms with E-state index in [-0.39, 0.29) is 35.2 Å². The fourth-order valence-corrected chi connectivity index (χ4v) is 3.52. The van der Waals surface area contributed by atoms with Crippen molar-refractivity contribution in [1.29, 1.82) is 0 Å². The Morgan fingerprint density at radius 1 is 1.07 bits per heavy atom. The Bertz CT molecular complexity index is 1040. The number of aliphatic hydroxyl groups excluding tert-OH is 1. The molecule has 3 rings (SSSR count). The Balaban J connectivity index is 1.84. The first-order valence-electron chi connectivity index (χ1n) is 8.37. The summed E-state index contributed by atoms with van der Waals surface area (Å²) in [5.41, 5.74) is 1.07. The molecule has 146 valence electrons. The lowest BCUT2D eigenvalue weighted by Crippen LogP contribution is -2.34. The van der Waals surface area contributed by atoms with Crippen LogP contribution in [0, 0.1) is 6.92 Å². The highest BCUT2D eigenvalue weighted by atomic mass is 32.2. The van der Waals surface area contributed by atoms with Crippen molar-refractivity contribution in [2.75, 3.05) is 18.5 Å². The maximum Gasteiger partial charge on any atom is 0.339 e. The number of benzene rings is 2. The van der Waals surface area contributed by atoms with E-state index in [0.29, 0.717) is 0 Å². The second kappa shape index (κ2) is 7.83. The molecule has 0 spiro atoms. The molecule has 0 saturated heterocycles. The Morgan fingerprint density at radius 2 is 1.75 bits per heavy atom. The standard InChI is InChI=1S/C19H18N2O6S/c1-13-6-8-14(9-7-13)28(25,26)27-17-5-3-2-4-15(17)20-16-12-18(23)21(10-11-22)19(16)24/h2-9,12,20,22H,10-11H2,1H3. The largest absolute Gasteiger partial charge is 0.395 e. The van der Waals surface area contributed by atoms with Crippen molar-refractivity contribution in [3.63, 3.8) is 0 Å². The van der Waals surface area contributed by atoms with E-state index < -0.39 is 21.9 Å². The second-order valence-electron chi connectivity index (χ2n) is 6.05. The van der Waals surface area contributed by atoms with E-state index >= 15 is 0 Å². The SMILES string of the molecule is Cc1ccc(S(=O)(=O)Oc2ccccc2NC2=CC(=O)N(CCO)C2=O)cc1. The number of carbonyl (C=O) groups excluding carboxylic acids is 2. The van der Waals surface area contributed by atoms with Gasteiger partial charge < -0.3 is 14.6 Å². The van der Waals surface area contributed by atoms with Gasteiger partial charge in [0.1, 0.15) is 10.6 Å². The number of amides is 2. The van der Waals surface area contributed by atoms with Crippen molar-refractivity contribution in [2.45, 2.75) is 11.8 Å². The summed E-state index contributed by atoms with van der Waals surface area (Å²) in [6, 6.07) is 12.4. The van der Waals surface area contributed by atoms with Gasteiger partial charge in [-0.3, -0.25) is 14.5 Å². The van der Waals surface area contributed by atoms with E-state index in [1.807, 2.05) is 6.92 Å². The van der Waals surface area contributed by atoms with Crippen LogP contribution >= 0.6 is 0 Å². The maximum absolute atomic E-state index is 12.5. The molecule has 0 atom stereocenters. The lowest BCUT2D eigenvalue weighted by Gasteiger charge is -2.15. The summed E-state index contributed by atoms with van der Waals surface area (Å²) in [6.07, 6.45) is 1.09. The van der Waals surface area contributed by atoms with Crippen molar-refractivity contribution < 1.29 is 27.3 Å². The summed E-state index contributed by atoms with van der Waals surface area (Å²) in [7, 11) is -4.08. The molecule has 2 amide bonds. The normalized spacial score (nSPS) is 14.2. The molecule has 0 bridgehead atoms. The average Bonchev–Trinajstić information content (AvgIpc) is 2.91. The molecule has 0 saturated carbocycles. The number of aryl methyl sites for hydroxylation is 1. The van der Waals surface area contributed by atoms with Crippen molar-refractivity contribution in [1.82, 2.24) is 4.90 Å². The van der Waals surface area contributed by atoms with Crippen LogP contribution in [-0.4, -0.2) is 43.4 Å². The van der Waals surface area contributed by atoms with Crippen LogP contribution in [0.15, 0.2) is 65.2 Å². The Kier molecular flexibility index (Phi) is 5.48. The van der Waals surface area contributed by atoms with Crippen LogP contribution in [0.2, 0.25) is 0 Å². The van der Waals surface area contributed by atoms with Gasteiger partial charge in [-0.1, -0.05) is 29.8 Å². The molecular weight excluding hydrogens is 384 g/mol. The molecule has 2 N–H and O–H groups in total. The highest BCUT2D eigenvalue weighted by Crippen LogP contribution is 2.29. The van der Waals surface area contributed by atoms with Crippen molar-refractivity contribution in [2.24, 2.45) is 0 Å². The van der Waals surface area contributed by atoms with Crippen LogP contribution in [0.3, 0.4) is 0 Å². The topological polar surface area (TPSA) is 113 Å². The van der Waals surface area contributed by atoms with E-state index in [9.17, 15) is 18.0 Å². The minimum absolute atomic E-state index is 0.00615. The molecule has 0 radical (unpaired) electrons. The zero-order valence-electron chi connectivity index (χ0n) is 15.0. The van der Waals surface area contributed by atoms with Crippen molar-refractivity contribution in [3.8, 4) is 5.75 Å². The van der Waals surface area contributed by atoms with Crippen LogP contribution in [0.5, 0.6) is 5.75 Å². The average molecular weight is 402 g/mol. The van der Waals surface area contributed by atoms with Crippen LogP contribution in [0.25, 0.3) is 0 Å². The van der Waals surface area contributed by atoms with Crippen LogP contribution in [0.4, 0.5) is 5.69 Å². The first kappa shape index (κ1) is 19.6. The lowest BCUT2D eigenvalue weighted by atomic mass is 10.2. The fourth-order valence-electron chi connectivity index (χ4n) is 2.57. The summed E-state index contributed by atoms with van der Waals surface area (Å²) in [5.74, 6) is -1.20. The van der Waals surface area contributed by atoms with Gasteiger partial charge in [0.25, 0.3) is 11.8 Å². The summed E-state index contributed by atoms with van der Waals surface area (Å²) in [5, 5.41) is 11.7. The third-order valence-corrected chi connectivity index (χ3v) is 5.25. The van der Waals surface area contributed by atoms with E-state index in [1.54, 1.807) is 24.3 Å². The summed E-state index contributed by atoms with van der Waals surface area (Å²) in [4.78, 5) is 25.0. The zero-order valence-corrected chi connectivity index (χ0v) is 15.8. The Hall–Kier alpha value is -3.17. The number of aliphatic hydroxyl groups is 1. The van der Waals surface area contributed by atoms with Crippen LogP contribution in [0.1, 0.15) is 5.56 Å². The van der Waals surface area contributed by atoms with Gasteiger partial charge in [0.15, 0.2) is 5.75 Å². The van der Waals surface area contributed by atoms with Crippen molar-refractivity contribution >= 4 is 27.6 Å². The molecule has 8 nitrogen and oxygen atoms in total. The molecule has 1 aliphatic rings. The summed E-state index contributed by atoms with van der Waals surface area (Å²) in [6.45, 7) is 1.36. The number of nitrogens with one attached hydrogen (secondary N) is 1. The predicted molar refractivity (Wildman–Crippen MR) is 101 cm³/mol. The number of β-amino-alcohol motifs (C(OH)–C–C–N with tert-alkyl or cyclic N) is 1. The number of hydrogen-bond acceptors (Lipinski definition) is 7. The molecule has 1 heterocycles. The molecule has 28 heavy (non-hydrogen) atoms. The van der Waals surface area contributed by atoms with Gasteiger partial charge in [-0.15, -0.1) is 0 Å². The number of carbonyl (C=O) groups is 2. The van der Waals surface area contributed by atoms with Gasteiger partial charge in [0.05, 0.1) is 18.8 Å². The molecule has 0 unspecified atom stereocenters. The molecule has 0 aromatic heterocycles. The van der Waals surface area contributed by atoms with E-state index in [2.05, 4.69) is 5.32 Å². The number of nitrogens with zero attached hydrogens (tertiary/aromatic N) is 1. The first-order chi connectivity index (χ1) is 13.3. The number of anilines is 1. The molecular formula is C19H18N2O6S. The zero-order chi connectivity index (χ0) is 20.3. The third-order valence-electron chi connectivity index (χ3n) is 4.00. The highest BCUT2D eigenvalue weighted by Gasteiger charge is 2.31. The highest BCUT2D eigenvalue weighted by molar-refractivity contribution is 7.87. The van der Waals surface area contributed by atoms with Gasteiger partial charge in [-0.25, -0.2) is 0 Å². The molecule has 2 aromatic carbocycles. The van der Waals surface area contributed by atoms with Crippen LogP contribution in [-0.2, 0) is 19.7 Å². The molecule has 1 aliphatic heterocycles. The minimum atomic E-state index is -4.08. The minimum Gasteiger partial charge on any atom is -0.395 e. The number of para-hydroxylation sites is 2. The van der Waals surface area contributed by atoms with Gasteiger partial charge >= 0.3 is 10.1 Å².